The number of hydrogen-bond acceptors (Lipinski definition) is 5. The molecule has 8 heteroatoms. The molecule has 1 aromatic heterocycles. The summed E-state index contributed by atoms with van der Waals surface area (Å²) in [7, 11) is 3.48. The summed E-state index contributed by atoms with van der Waals surface area (Å²) in [6, 6.07) is 9.60. The van der Waals surface area contributed by atoms with E-state index in [9.17, 15) is 14.7 Å². The molecule has 1 atom stereocenters. The minimum atomic E-state index is -1.36. The van der Waals surface area contributed by atoms with Gasteiger partial charge in [0.2, 0.25) is 5.43 Å². The van der Waals surface area contributed by atoms with Gasteiger partial charge in [0.05, 0.1) is 12.6 Å². The van der Waals surface area contributed by atoms with Crippen molar-refractivity contribution in [2.24, 2.45) is 0 Å². The van der Waals surface area contributed by atoms with E-state index in [0.29, 0.717) is 29.1 Å². The second kappa shape index (κ2) is 7.89. The Morgan fingerprint density at radius 1 is 1.27 bits per heavy atom. The molecule has 1 saturated heterocycles. The Bertz CT molecular complexity index is 1170. The van der Waals surface area contributed by atoms with Gasteiger partial charge in [-0.2, -0.15) is 0 Å². The molecule has 156 valence electrons. The van der Waals surface area contributed by atoms with Gasteiger partial charge in [0, 0.05) is 48.5 Å². The van der Waals surface area contributed by atoms with E-state index in [-0.39, 0.29) is 11.4 Å². The number of likely N-dealkylation sites (N-methyl/N-ethyl adjacent to an activating group) is 1. The molecule has 0 bridgehead atoms. The van der Waals surface area contributed by atoms with Gasteiger partial charge in [-0.05, 0) is 43.4 Å². The van der Waals surface area contributed by atoms with Crippen LogP contribution in [0.1, 0.15) is 22.0 Å². The molecular weight excluding hydrogens is 389 g/mol. The fourth-order valence-electron chi connectivity index (χ4n) is 3.88. The number of piperazine rings is 1. The number of halogens is 1. The van der Waals surface area contributed by atoms with Crippen LogP contribution in [0.5, 0.6) is 5.75 Å². The van der Waals surface area contributed by atoms with Crippen molar-refractivity contribution in [3.8, 4) is 11.4 Å². The number of benzene rings is 2. The Hall–Kier alpha value is -3.23. The normalized spacial score (nSPS) is 17.2. The molecule has 4 rings (SSSR count). The Labute approximate surface area is 172 Å². The standard InChI is InChI=1S/C22H22FN3O4/c1-25-8-7-24-11-20(25)15-10-19-16(9-18(15)23)21(27)17(22(28)29)12-26(19)13-3-5-14(30-2)6-4-13/h3-6,9-10,12,20,24H,7-8,11H2,1-2H3,(H,28,29). The van der Waals surface area contributed by atoms with Crippen LogP contribution < -0.4 is 15.5 Å². The number of nitrogens with zero attached hydrogens (tertiary/aromatic N) is 2. The van der Waals surface area contributed by atoms with Crippen molar-refractivity contribution in [2.45, 2.75) is 6.04 Å². The molecule has 1 aliphatic rings. The summed E-state index contributed by atoms with van der Waals surface area (Å²) in [4.78, 5) is 26.5. The Balaban J connectivity index is 1.99. The smallest absolute Gasteiger partial charge is 0.341 e. The number of carbonyl (C=O) groups is 1. The SMILES string of the molecule is COc1ccc(-n2cc(C(=O)O)c(=O)c3cc(F)c(C4CNCCN4C)cc32)cc1. The number of nitrogens with one attached hydrogen (secondary N) is 1. The minimum Gasteiger partial charge on any atom is -0.497 e. The lowest BCUT2D eigenvalue weighted by Gasteiger charge is -2.33. The van der Waals surface area contributed by atoms with Gasteiger partial charge in [-0.1, -0.05) is 0 Å². The Kier molecular flexibility index (Phi) is 5.27. The molecule has 0 aliphatic carbocycles. The summed E-state index contributed by atoms with van der Waals surface area (Å²) in [5, 5.41) is 12.8. The largest absolute Gasteiger partial charge is 0.497 e. The summed E-state index contributed by atoms with van der Waals surface area (Å²) in [6.07, 6.45) is 1.29. The molecule has 1 aliphatic heterocycles. The first-order chi connectivity index (χ1) is 14.4. The zero-order valence-electron chi connectivity index (χ0n) is 16.7. The molecular formula is C22H22FN3O4. The first-order valence-electron chi connectivity index (χ1n) is 9.58. The molecule has 7 nitrogen and oxygen atoms in total. The zero-order valence-corrected chi connectivity index (χ0v) is 16.7. The van der Waals surface area contributed by atoms with E-state index in [0.717, 1.165) is 19.2 Å². The average Bonchev–Trinajstić information content (AvgIpc) is 2.74. The van der Waals surface area contributed by atoms with E-state index in [1.54, 1.807) is 42.0 Å². The highest BCUT2D eigenvalue weighted by atomic mass is 19.1. The van der Waals surface area contributed by atoms with Crippen LogP contribution in [0, 0.1) is 5.82 Å². The second-order valence-electron chi connectivity index (χ2n) is 7.34. The van der Waals surface area contributed by atoms with Crippen molar-refractivity contribution in [1.29, 1.82) is 0 Å². The highest BCUT2D eigenvalue weighted by molar-refractivity contribution is 5.93. The van der Waals surface area contributed by atoms with Crippen LogP contribution in [0.25, 0.3) is 16.6 Å². The lowest BCUT2D eigenvalue weighted by atomic mass is 9.99. The summed E-state index contributed by atoms with van der Waals surface area (Å²) >= 11 is 0. The topological polar surface area (TPSA) is 83.8 Å². The van der Waals surface area contributed by atoms with Gasteiger partial charge in [-0.15, -0.1) is 0 Å². The molecule has 1 unspecified atom stereocenters. The van der Waals surface area contributed by atoms with Crippen LogP contribution in [0.3, 0.4) is 0 Å². The lowest BCUT2D eigenvalue weighted by molar-refractivity contribution is 0.0695. The molecule has 2 aromatic carbocycles. The number of carboxylic acids is 1. The van der Waals surface area contributed by atoms with Crippen LogP contribution in [0.2, 0.25) is 0 Å². The van der Waals surface area contributed by atoms with Gasteiger partial charge in [-0.25, -0.2) is 9.18 Å². The minimum absolute atomic E-state index is 0.0263. The number of rotatable bonds is 4. The number of hydrogen-bond donors (Lipinski definition) is 2. The van der Waals surface area contributed by atoms with Gasteiger partial charge in [0.25, 0.3) is 0 Å². The van der Waals surface area contributed by atoms with Crippen LogP contribution in [0.15, 0.2) is 47.4 Å². The molecule has 2 heterocycles. The number of pyridine rings is 1. The molecule has 30 heavy (non-hydrogen) atoms. The second-order valence-corrected chi connectivity index (χ2v) is 7.34. The van der Waals surface area contributed by atoms with Gasteiger partial charge in [-0.3, -0.25) is 9.69 Å². The number of aromatic carboxylic acids is 1. The van der Waals surface area contributed by atoms with E-state index >= 15 is 4.39 Å². The predicted molar refractivity (Wildman–Crippen MR) is 111 cm³/mol. The molecule has 0 saturated carbocycles. The fourth-order valence-corrected chi connectivity index (χ4v) is 3.88. The third kappa shape index (κ3) is 3.44. The van der Waals surface area contributed by atoms with Crippen LogP contribution >= 0.6 is 0 Å². The number of aromatic nitrogens is 1. The third-order valence-electron chi connectivity index (χ3n) is 5.57. The molecule has 0 spiro atoms. The number of methoxy groups -OCH3 is 1. The maximum Gasteiger partial charge on any atom is 0.341 e. The Morgan fingerprint density at radius 3 is 2.63 bits per heavy atom. The average molecular weight is 411 g/mol. The van der Waals surface area contributed by atoms with E-state index in [4.69, 9.17) is 4.74 Å². The summed E-state index contributed by atoms with van der Waals surface area (Å²) < 4.78 is 21.9. The predicted octanol–water partition coefficient (Wildman–Crippen LogP) is 2.41. The summed E-state index contributed by atoms with van der Waals surface area (Å²) in [5.74, 6) is -1.24. The van der Waals surface area contributed by atoms with E-state index < -0.39 is 22.8 Å². The maximum absolute atomic E-state index is 15.1. The summed E-state index contributed by atoms with van der Waals surface area (Å²) in [5.41, 5.74) is 0.424. The quantitative estimate of drug-likeness (QED) is 0.686. The summed E-state index contributed by atoms with van der Waals surface area (Å²) in [6.45, 7) is 2.17. The number of carboxylic acid groups (broad SMARTS) is 1. The van der Waals surface area contributed by atoms with Crippen LogP contribution in [0.4, 0.5) is 4.39 Å². The first kappa shape index (κ1) is 20.1. The van der Waals surface area contributed by atoms with Gasteiger partial charge in [0.15, 0.2) is 0 Å². The van der Waals surface area contributed by atoms with Crippen molar-refractivity contribution in [1.82, 2.24) is 14.8 Å². The van der Waals surface area contributed by atoms with Crippen molar-refractivity contribution in [3.63, 3.8) is 0 Å². The van der Waals surface area contributed by atoms with Crippen molar-refractivity contribution in [2.75, 3.05) is 33.8 Å². The molecule has 3 aromatic rings. The van der Waals surface area contributed by atoms with Crippen molar-refractivity contribution < 1.29 is 19.0 Å². The van der Waals surface area contributed by atoms with Crippen molar-refractivity contribution >= 4 is 16.9 Å². The van der Waals surface area contributed by atoms with Gasteiger partial charge < -0.3 is 19.7 Å². The number of fused-ring (bicyclic) bond motifs is 1. The molecule has 1 fully saturated rings. The lowest BCUT2D eigenvalue weighted by Crippen LogP contribution is -2.44. The van der Waals surface area contributed by atoms with Crippen LogP contribution in [-0.2, 0) is 0 Å². The molecule has 0 radical (unpaired) electrons. The first-order valence-corrected chi connectivity index (χ1v) is 9.58. The zero-order chi connectivity index (χ0) is 21.4. The highest BCUT2D eigenvalue weighted by Gasteiger charge is 2.25. The van der Waals surface area contributed by atoms with Crippen LogP contribution in [-0.4, -0.2) is 54.3 Å². The van der Waals surface area contributed by atoms with Crippen molar-refractivity contribution in [3.05, 3.63) is 69.8 Å². The van der Waals surface area contributed by atoms with Gasteiger partial charge in [0.1, 0.15) is 17.1 Å². The third-order valence-corrected chi connectivity index (χ3v) is 5.57. The van der Waals surface area contributed by atoms with E-state index in [1.807, 2.05) is 7.05 Å². The van der Waals surface area contributed by atoms with Gasteiger partial charge >= 0.3 is 5.97 Å². The molecule has 2 N–H and O–H groups in total. The maximum atomic E-state index is 15.1. The van der Waals surface area contributed by atoms with E-state index in [1.165, 1.54) is 6.20 Å². The molecule has 0 amide bonds. The van der Waals surface area contributed by atoms with E-state index in [2.05, 4.69) is 10.2 Å². The monoisotopic (exact) mass is 411 g/mol. The number of ether oxygens (including phenoxy) is 1. The Morgan fingerprint density at radius 2 is 2.00 bits per heavy atom. The highest BCUT2D eigenvalue weighted by Crippen LogP contribution is 2.29. The fraction of sp³-hybridized carbons (Fsp3) is 0.273.